The Balaban J connectivity index is 1.57. The molecule has 3 heterocycles. The first-order valence-corrected chi connectivity index (χ1v) is 12.2. The van der Waals surface area contributed by atoms with Gasteiger partial charge in [-0.3, -0.25) is 4.90 Å². The van der Waals surface area contributed by atoms with Crippen molar-refractivity contribution in [3.8, 4) is 11.5 Å². The van der Waals surface area contributed by atoms with E-state index < -0.39 is 0 Å². The van der Waals surface area contributed by atoms with Crippen molar-refractivity contribution in [3.63, 3.8) is 0 Å². The number of hydrogen-bond donors (Lipinski definition) is 0. The summed E-state index contributed by atoms with van der Waals surface area (Å²) in [6.07, 6.45) is 3.61. The molecule has 2 aromatic carbocycles. The van der Waals surface area contributed by atoms with E-state index in [1.54, 1.807) is 14.2 Å². The predicted molar refractivity (Wildman–Crippen MR) is 134 cm³/mol. The van der Waals surface area contributed by atoms with Crippen LogP contribution in [0.5, 0.6) is 11.5 Å². The summed E-state index contributed by atoms with van der Waals surface area (Å²) >= 11 is 0. The Morgan fingerprint density at radius 3 is 2.52 bits per heavy atom. The minimum absolute atomic E-state index is 0.157. The van der Waals surface area contributed by atoms with E-state index >= 15 is 0 Å². The third-order valence-electron chi connectivity index (χ3n) is 7.71. The summed E-state index contributed by atoms with van der Waals surface area (Å²) in [4.78, 5) is 5.16. The summed E-state index contributed by atoms with van der Waals surface area (Å²) < 4.78 is 13.6. The standard InChI is InChI=1S/C28H36N3O2/c1-5-14-30-15-12-28(13-16-30)20-31(18-21-8-6-7-9-26(21)33-4)19-25-27(28)23-11-10-22(32-3)17-24(23)29(25)2/h6-11,17,19H,5,12-16,18,20H2,1-4H3. The molecule has 5 rings (SSSR count). The molecule has 0 aliphatic carbocycles. The molecule has 5 heteroatoms. The van der Waals surface area contributed by atoms with E-state index in [2.05, 4.69) is 71.3 Å². The molecule has 0 unspecified atom stereocenters. The van der Waals surface area contributed by atoms with Gasteiger partial charge in [-0.05, 0) is 62.7 Å². The summed E-state index contributed by atoms with van der Waals surface area (Å²) in [6.45, 7) is 10.1. The van der Waals surface area contributed by atoms with E-state index in [0.29, 0.717) is 0 Å². The van der Waals surface area contributed by atoms with E-state index in [1.807, 2.05) is 6.07 Å². The van der Waals surface area contributed by atoms with Crippen LogP contribution in [-0.4, -0.2) is 54.8 Å². The highest BCUT2D eigenvalue weighted by molar-refractivity contribution is 5.89. The van der Waals surface area contributed by atoms with Gasteiger partial charge in [-0.2, -0.15) is 0 Å². The van der Waals surface area contributed by atoms with Crippen LogP contribution in [0.2, 0.25) is 0 Å². The second kappa shape index (κ2) is 9.03. The van der Waals surface area contributed by atoms with Crippen LogP contribution in [-0.2, 0) is 19.0 Å². The fraction of sp³-hybridized carbons (Fsp3) is 0.464. The molecule has 0 amide bonds. The fourth-order valence-corrected chi connectivity index (χ4v) is 6.04. The number of benzene rings is 2. The zero-order chi connectivity index (χ0) is 23.0. The Bertz CT molecular complexity index is 1130. The molecule has 1 radical (unpaired) electrons. The molecule has 1 aromatic heterocycles. The molecule has 3 aromatic rings. The first-order chi connectivity index (χ1) is 16.1. The lowest BCUT2D eigenvalue weighted by Gasteiger charge is -2.48. The van der Waals surface area contributed by atoms with Crippen molar-refractivity contribution < 1.29 is 9.47 Å². The number of hydrogen-bond acceptors (Lipinski definition) is 4. The van der Waals surface area contributed by atoms with Crippen LogP contribution >= 0.6 is 0 Å². The van der Waals surface area contributed by atoms with Crippen molar-refractivity contribution >= 4 is 10.9 Å². The van der Waals surface area contributed by atoms with Crippen LogP contribution in [0.25, 0.3) is 10.9 Å². The van der Waals surface area contributed by atoms with Gasteiger partial charge in [0.05, 0.1) is 26.3 Å². The van der Waals surface area contributed by atoms with E-state index in [4.69, 9.17) is 9.47 Å². The highest BCUT2D eigenvalue weighted by Gasteiger charge is 2.44. The topological polar surface area (TPSA) is 29.9 Å². The second-order valence-electron chi connectivity index (χ2n) is 9.67. The van der Waals surface area contributed by atoms with E-state index in [0.717, 1.165) is 24.6 Å². The van der Waals surface area contributed by atoms with E-state index in [-0.39, 0.29) is 5.41 Å². The lowest BCUT2D eigenvalue weighted by molar-refractivity contribution is 0.116. The average molecular weight is 447 g/mol. The molecule has 0 N–H and O–H groups in total. The lowest BCUT2D eigenvalue weighted by atomic mass is 9.69. The lowest BCUT2D eigenvalue weighted by Crippen LogP contribution is -2.51. The predicted octanol–water partition coefficient (Wildman–Crippen LogP) is 4.96. The Morgan fingerprint density at radius 2 is 1.79 bits per heavy atom. The number of aryl methyl sites for hydroxylation is 1. The summed E-state index contributed by atoms with van der Waals surface area (Å²) in [5.41, 5.74) is 5.52. The van der Waals surface area contributed by atoms with Gasteiger partial charge in [0, 0.05) is 48.3 Å². The summed E-state index contributed by atoms with van der Waals surface area (Å²) in [7, 11) is 5.71. The van der Waals surface area contributed by atoms with Crippen molar-refractivity contribution in [2.75, 3.05) is 40.4 Å². The minimum Gasteiger partial charge on any atom is -0.497 e. The molecule has 175 valence electrons. The number of rotatable bonds is 6. The molecular formula is C28H36N3O2. The summed E-state index contributed by atoms with van der Waals surface area (Å²) in [5.74, 6) is 1.88. The highest BCUT2D eigenvalue weighted by atomic mass is 16.5. The number of piperidine rings is 1. The van der Waals surface area contributed by atoms with Gasteiger partial charge in [0.1, 0.15) is 11.5 Å². The number of nitrogens with zero attached hydrogens (tertiary/aromatic N) is 3. The quantitative estimate of drug-likeness (QED) is 0.535. The van der Waals surface area contributed by atoms with Gasteiger partial charge >= 0.3 is 0 Å². The summed E-state index contributed by atoms with van der Waals surface area (Å²) in [6, 6.07) is 15.0. The van der Waals surface area contributed by atoms with Crippen molar-refractivity contribution in [2.45, 2.75) is 38.1 Å². The highest BCUT2D eigenvalue weighted by Crippen LogP contribution is 2.47. The monoisotopic (exact) mass is 446 g/mol. The number of aromatic nitrogens is 1. The zero-order valence-electron chi connectivity index (χ0n) is 20.4. The Hall–Kier alpha value is -2.50. The smallest absolute Gasteiger partial charge is 0.123 e. The molecule has 5 nitrogen and oxygen atoms in total. The number of methoxy groups -OCH3 is 2. The molecule has 0 bridgehead atoms. The number of likely N-dealkylation sites (tertiary alicyclic amines) is 1. The van der Waals surface area contributed by atoms with Crippen molar-refractivity contribution in [3.05, 3.63) is 65.8 Å². The SMILES string of the molecule is CCCN1CCC2(CC1)CN(Cc1ccccc1OC)[CH]c1c2c2ccc(OC)cc2n1C. The Kier molecular flexibility index (Phi) is 6.11. The van der Waals surface area contributed by atoms with Crippen LogP contribution < -0.4 is 9.47 Å². The van der Waals surface area contributed by atoms with Crippen LogP contribution in [0, 0.1) is 6.54 Å². The van der Waals surface area contributed by atoms with Crippen LogP contribution in [0.15, 0.2) is 42.5 Å². The van der Waals surface area contributed by atoms with Gasteiger partial charge in [0.2, 0.25) is 0 Å². The molecule has 1 fully saturated rings. The third kappa shape index (κ3) is 3.91. The number of ether oxygens (including phenoxy) is 2. The van der Waals surface area contributed by atoms with Gasteiger partial charge in [-0.1, -0.05) is 25.1 Å². The van der Waals surface area contributed by atoms with Gasteiger partial charge in [0.15, 0.2) is 0 Å². The van der Waals surface area contributed by atoms with Crippen molar-refractivity contribution in [1.82, 2.24) is 14.4 Å². The first kappa shape index (κ1) is 22.3. The second-order valence-corrected chi connectivity index (χ2v) is 9.67. The molecule has 0 saturated carbocycles. The van der Waals surface area contributed by atoms with Crippen molar-refractivity contribution in [1.29, 1.82) is 0 Å². The van der Waals surface area contributed by atoms with Gasteiger partial charge in [-0.25, -0.2) is 0 Å². The Labute approximate surface area is 197 Å². The largest absolute Gasteiger partial charge is 0.497 e. The van der Waals surface area contributed by atoms with Crippen LogP contribution in [0.1, 0.15) is 43.0 Å². The van der Waals surface area contributed by atoms with Gasteiger partial charge < -0.3 is 18.9 Å². The van der Waals surface area contributed by atoms with Crippen LogP contribution in [0.4, 0.5) is 0 Å². The molecule has 2 aliphatic rings. The maximum absolute atomic E-state index is 5.67. The van der Waals surface area contributed by atoms with E-state index in [9.17, 15) is 0 Å². The normalized spacial score (nSPS) is 18.5. The zero-order valence-corrected chi connectivity index (χ0v) is 20.4. The van der Waals surface area contributed by atoms with Gasteiger partial charge in [-0.15, -0.1) is 0 Å². The fourth-order valence-electron chi connectivity index (χ4n) is 6.04. The van der Waals surface area contributed by atoms with Gasteiger partial charge in [0.25, 0.3) is 0 Å². The summed E-state index contributed by atoms with van der Waals surface area (Å²) in [5, 5.41) is 1.38. The maximum Gasteiger partial charge on any atom is 0.123 e. The molecule has 33 heavy (non-hydrogen) atoms. The average Bonchev–Trinajstić information content (AvgIpc) is 3.13. The molecule has 2 aliphatic heterocycles. The molecule has 1 spiro atoms. The first-order valence-electron chi connectivity index (χ1n) is 12.2. The minimum atomic E-state index is 0.157. The van der Waals surface area contributed by atoms with Crippen LogP contribution in [0.3, 0.4) is 0 Å². The third-order valence-corrected chi connectivity index (χ3v) is 7.71. The Morgan fingerprint density at radius 1 is 1.00 bits per heavy atom. The molecule has 1 saturated heterocycles. The van der Waals surface area contributed by atoms with Crippen molar-refractivity contribution in [2.24, 2.45) is 7.05 Å². The number of fused-ring (bicyclic) bond motifs is 4. The molecule has 0 atom stereocenters. The van der Waals surface area contributed by atoms with E-state index in [1.165, 1.54) is 66.6 Å². The molecular weight excluding hydrogens is 410 g/mol. The number of para-hydroxylation sites is 1. The maximum atomic E-state index is 5.67.